The lowest BCUT2D eigenvalue weighted by Crippen LogP contribution is -2.45. The molecule has 5 aromatic rings. The largest absolute Gasteiger partial charge is 0.496 e. The summed E-state index contributed by atoms with van der Waals surface area (Å²) in [7, 11) is 2.90. The van der Waals surface area contributed by atoms with Gasteiger partial charge in [-0.3, -0.25) is 9.52 Å². The van der Waals surface area contributed by atoms with Gasteiger partial charge < -0.3 is 50.0 Å². The normalized spacial score (nSPS) is 13.5. The summed E-state index contributed by atoms with van der Waals surface area (Å²) in [5.41, 5.74) is 2.29. The highest BCUT2D eigenvalue weighted by atomic mass is 32.2. The summed E-state index contributed by atoms with van der Waals surface area (Å²) in [6, 6.07) is 20.8. The number of rotatable bonds is 16. The summed E-state index contributed by atoms with van der Waals surface area (Å²) in [5.74, 6) is 2.05. The van der Waals surface area contributed by atoms with Crippen molar-refractivity contribution in [3.05, 3.63) is 90.1 Å². The lowest BCUT2D eigenvalue weighted by Gasteiger charge is -2.32. The number of ether oxygens (including phenoxy) is 4. The molecule has 16 nitrogen and oxygen atoms in total. The van der Waals surface area contributed by atoms with E-state index in [1.807, 2.05) is 45.0 Å². The molecule has 1 fully saturated rings. The second kappa shape index (κ2) is 19.6. The first-order valence-corrected chi connectivity index (χ1v) is 22.1. The van der Waals surface area contributed by atoms with Gasteiger partial charge in [-0.1, -0.05) is 45.0 Å². The van der Waals surface area contributed by atoms with Crippen molar-refractivity contribution in [2.45, 2.75) is 32.6 Å². The van der Waals surface area contributed by atoms with Gasteiger partial charge in [-0.05, 0) is 61.3 Å². The van der Waals surface area contributed by atoms with Crippen LogP contribution in [0.1, 0.15) is 43.1 Å². The molecule has 0 spiro atoms. The van der Waals surface area contributed by atoms with Crippen LogP contribution in [0.5, 0.6) is 28.7 Å². The second-order valence-corrected chi connectivity index (χ2v) is 17.8. The maximum Gasteiger partial charge on any atom is 0.323 e. The molecule has 17 heteroatoms. The number of piperazine rings is 1. The molecule has 0 bridgehead atoms. The Morgan fingerprint density at radius 1 is 0.790 bits per heavy atom. The van der Waals surface area contributed by atoms with E-state index in [0.29, 0.717) is 57.7 Å². The minimum Gasteiger partial charge on any atom is -0.496 e. The lowest BCUT2D eigenvalue weighted by atomic mass is 9.86. The molecular weight excluding hydrogens is 813 g/mol. The minimum atomic E-state index is -3.65. The van der Waals surface area contributed by atoms with Gasteiger partial charge in [0.05, 0.1) is 44.6 Å². The third-order valence-corrected chi connectivity index (χ3v) is 10.9. The summed E-state index contributed by atoms with van der Waals surface area (Å²) in [6.07, 6.45) is 3.49. The molecule has 3 amide bonds. The van der Waals surface area contributed by atoms with Crippen molar-refractivity contribution >= 4 is 61.3 Å². The Balaban J connectivity index is 1.15. The number of likely N-dealkylation sites (N-methyl/N-ethyl adjacent to an activating group) is 1. The van der Waals surface area contributed by atoms with E-state index in [4.69, 9.17) is 18.9 Å². The third-order valence-electron chi connectivity index (χ3n) is 10.3. The molecule has 1 aliphatic heterocycles. The molecule has 5 N–H and O–H groups in total. The topological polar surface area (TPSA) is 185 Å². The molecule has 0 atom stereocenters. The average Bonchev–Trinajstić information content (AvgIpc) is 3.22. The summed E-state index contributed by atoms with van der Waals surface area (Å²) in [6.45, 7) is 11.5. The first-order chi connectivity index (χ1) is 29.5. The van der Waals surface area contributed by atoms with Crippen LogP contribution in [-0.4, -0.2) is 109 Å². The zero-order valence-electron chi connectivity index (χ0n) is 36.5. The zero-order chi connectivity index (χ0) is 44.6. The fourth-order valence-corrected chi connectivity index (χ4v) is 7.64. The first kappa shape index (κ1) is 45.2. The number of nitrogens with zero attached hydrogens (tertiary/aromatic N) is 3. The smallest absolute Gasteiger partial charge is 0.323 e. The zero-order valence-corrected chi connectivity index (χ0v) is 37.3. The molecule has 0 radical (unpaired) electrons. The second-order valence-electron chi connectivity index (χ2n) is 16.1. The van der Waals surface area contributed by atoms with Crippen LogP contribution in [0, 0.1) is 0 Å². The third kappa shape index (κ3) is 11.5. The van der Waals surface area contributed by atoms with Gasteiger partial charge in [0, 0.05) is 73.6 Å². The van der Waals surface area contributed by atoms with Crippen LogP contribution in [0.25, 0.3) is 10.8 Å². The van der Waals surface area contributed by atoms with E-state index in [-0.39, 0.29) is 28.4 Å². The van der Waals surface area contributed by atoms with Crippen LogP contribution in [0.4, 0.5) is 33.4 Å². The molecule has 1 saturated heterocycles. The number of carbonyl (C=O) groups excluding carboxylic acids is 2. The van der Waals surface area contributed by atoms with E-state index in [0.717, 1.165) is 56.4 Å². The fourth-order valence-electron chi connectivity index (χ4n) is 7.09. The van der Waals surface area contributed by atoms with Crippen molar-refractivity contribution in [3.63, 3.8) is 0 Å². The van der Waals surface area contributed by atoms with Crippen LogP contribution < -0.4 is 44.9 Å². The Kier molecular flexibility index (Phi) is 14.3. The highest BCUT2D eigenvalue weighted by Crippen LogP contribution is 2.40. The van der Waals surface area contributed by atoms with E-state index in [2.05, 4.69) is 47.8 Å². The van der Waals surface area contributed by atoms with Gasteiger partial charge in [-0.15, -0.1) is 0 Å². The maximum absolute atomic E-state index is 13.6. The summed E-state index contributed by atoms with van der Waals surface area (Å²) < 4.78 is 50.2. The number of aromatic nitrogens is 1. The Hall–Kier alpha value is -6.30. The molecule has 6 rings (SSSR count). The number of amides is 3. The number of nitrogens with one attached hydrogen (secondary N) is 5. The number of hydrogen-bond acceptors (Lipinski definition) is 12. The molecule has 4 aromatic carbocycles. The average molecular weight is 869 g/mol. The molecule has 1 aliphatic rings. The van der Waals surface area contributed by atoms with Gasteiger partial charge in [-0.2, -0.15) is 0 Å². The van der Waals surface area contributed by atoms with Crippen molar-refractivity contribution in [2.75, 3.05) is 94.6 Å². The number of anilines is 5. The van der Waals surface area contributed by atoms with E-state index in [1.165, 1.54) is 21.3 Å². The van der Waals surface area contributed by atoms with Gasteiger partial charge in [0.15, 0.2) is 5.75 Å². The monoisotopic (exact) mass is 868 g/mol. The molecular formula is C45H56N8O8S. The molecule has 2 heterocycles. The number of urea groups is 1. The maximum atomic E-state index is 13.6. The number of pyridine rings is 1. The highest BCUT2D eigenvalue weighted by molar-refractivity contribution is 7.92. The SMILES string of the molecule is COc1cc(Nc2cc(Oc3ccc(NC(=O)Nc4cc(C(C)(C)C)cc(NS(C)(=O)=O)c4OC)c4ccccc34)ccn2)cc(OC)c1C(=O)NCCCN1CCN(C)CC1. The number of carbonyl (C=O) groups is 2. The summed E-state index contributed by atoms with van der Waals surface area (Å²) in [4.78, 5) is 36.1. The number of hydrogen-bond donors (Lipinski definition) is 5. The minimum absolute atomic E-state index is 0.166. The van der Waals surface area contributed by atoms with E-state index < -0.39 is 16.1 Å². The molecule has 330 valence electrons. The molecule has 1 aromatic heterocycles. The molecule has 0 saturated carbocycles. The van der Waals surface area contributed by atoms with Gasteiger partial charge in [0.25, 0.3) is 5.91 Å². The van der Waals surface area contributed by atoms with E-state index in [1.54, 1.807) is 54.7 Å². The summed E-state index contributed by atoms with van der Waals surface area (Å²) in [5, 5.41) is 13.5. The first-order valence-electron chi connectivity index (χ1n) is 20.2. The highest BCUT2D eigenvalue weighted by Gasteiger charge is 2.24. The van der Waals surface area contributed by atoms with Crippen molar-refractivity contribution in [1.82, 2.24) is 20.1 Å². The van der Waals surface area contributed by atoms with Crippen LogP contribution in [0.2, 0.25) is 0 Å². The quantitative estimate of drug-likeness (QED) is 0.0618. The van der Waals surface area contributed by atoms with E-state index in [9.17, 15) is 18.0 Å². The van der Waals surface area contributed by atoms with Crippen LogP contribution >= 0.6 is 0 Å². The van der Waals surface area contributed by atoms with Crippen molar-refractivity contribution < 1.29 is 37.0 Å². The Bertz CT molecular complexity index is 2500. The van der Waals surface area contributed by atoms with Crippen molar-refractivity contribution in [3.8, 4) is 28.7 Å². The van der Waals surface area contributed by atoms with Gasteiger partial charge in [0.1, 0.15) is 34.4 Å². The lowest BCUT2D eigenvalue weighted by molar-refractivity contribution is 0.0943. The van der Waals surface area contributed by atoms with Crippen molar-refractivity contribution in [2.24, 2.45) is 0 Å². The Labute approximate surface area is 363 Å². The van der Waals surface area contributed by atoms with Gasteiger partial charge in [-0.25, -0.2) is 18.2 Å². The molecule has 0 unspecified atom stereocenters. The standard InChI is InChI=1S/C45H56N8O8S/c1-45(2,3)29-24-35(42(60-7)36(25-29)51-62(8,56)57)50-44(55)49-34-14-15-37(33-13-10-9-12-32(33)34)61-31-16-18-46-40(28-31)48-30-26-38(58-5)41(39(27-30)59-6)43(54)47-17-11-19-53-22-20-52(4)21-23-53/h9-10,12-16,18,24-28,51H,11,17,19-23H2,1-8H3,(H,46,48)(H,47,54)(H2,49,50,55). The Morgan fingerprint density at radius 3 is 2.10 bits per heavy atom. The van der Waals surface area contributed by atoms with Crippen molar-refractivity contribution in [1.29, 1.82) is 0 Å². The van der Waals surface area contributed by atoms with Gasteiger partial charge in [0.2, 0.25) is 10.0 Å². The Morgan fingerprint density at radius 2 is 1.45 bits per heavy atom. The summed E-state index contributed by atoms with van der Waals surface area (Å²) >= 11 is 0. The van der Waals surface area contributed by atoms with Crippen LogP contribution in [0.15, 0.2) is 79.0 Å². The number of methoxy groups -OCH3 is 3. The number of fused-ring (bicyclic) bond motifs is 1. The van der Waals surface area contributed by atoms with E-state index >= 15 is 0 Å². The number of benzene rings is 4. The van der Waals surface area contributed by atoms with Gasteiger partial charge >= 0.3 is 6.03 Å². The molecule has 0 aliphatic carbocycles. The predicted molar refractivity (Wildman–Crippen MR) is 245 cm³/mol. The van der Waals surface area contributed by atoms with Crippen LogP contribution in [0.3, 0.4) is 0 Å². The number of sulfonamides is 1. The fraction of sp³-hybridized carbons (Fsp3) is 0.356. The van der Waals surface area contributed by atoms with Crippen LogP contribution in [-0.2, 0) is 15.4 Å². The predicted octanol–water partition coefficient (Wildman–Crippen LogP) is 7.48. The molecule has 62 heavy (non-hydrogen) atoms.